The number of benzene rings is 1. The molecule has 0 aromatic heterocycles. The van der Waals surface area contributed by atoms with E-state index in [1.807, 2.05) is 11.9 Å². The monoisotopic (exact) mass is 219 g/mol. The van der Waals surface area contributed by atoms with Crippen molar-refractivity contribution in [2.24, 2.45) is 0 Å². The van der Waals surface area contributed by atoms with E-state index in [0.29, 0.717) is 6.54 Å². The van der Waals surface area contributed by atoms with Crippen molar-refractivity contribution in [3.8, 4) is 0 Å². The van der Waals surface area contributed by atoms with Crippen LogP contribution in [0.2, 0.25) is 0 Å². The van der Waals surface area contributed by atoms with Crippen molar-refractivity contribution in [2.45, 2.75) is 27.2 Å². The first-order valence-corrected chi connectivity index (χ1v) is 5.73. The van der Waals surface area contributed by atoms with Gasteiger partial charge in [0, 0.05) is 6.54 Å². The fourth-order valence-corrected chi connectivity index (χ4v) is 1.82. The average Bonchev–Trinajstić information content (AvgIpc) is 2.22. The normalized spacial score (nSPS) is 10.8. The van der Waals surface area contributed by atoms with Gasteiger partial charge in [-0.05, 0) is 56.5 Å². The van der Waals surface area contributed by atoms with Crippen LogP contribution in [0.15, 0.2) is 12.1 Å². The third-order valence-electron chi connectivity index (χ3n) is 3.10. The number of carbonyl (C=O) groups is 1. The number of nitrogens with zero attached hydrogens (tertiary/aromatic N) is 1. The van der Waals surface area contributed by atoms with Crippen LogP contribution in [0.1, 0.15) is 22.3 Å². The van der Waals surface area contributed by atoms with Gasteiger partial charge in [0.05, 0.1) is 6.54 Å². The van der Waals surface area contributed by atoms with Crippen LogP contribution in [0.5, 0.6) is 0 Å². The second-order valence-electron chi connectivity index (χ2n) is 4.54. The van der Waals surface area contributed by atoms with Crippen LogP contribution in [0, 0.1) is 20.8 Å². The highest BCUT2D eigenvalue weighted by atomic mass is 16.1. The van der Waals surface area contributed by atoms with E-state index in [-0.39, 0.29) is 0 Å². The standard InChI is InChI=1S/C14H21NO/c1-11-9-13(3)14(10-12(11)2)5-6-15(4)7-8-16/h8-10H,5-7H2,1-4H3. The number of aryl methyl sites for hydroxylation is 3. The molecular formula is C14H21NO. The Bertz CT molecular complexity index is 371. The Balaban J connectivity index is 2.67. The summed E-state index contributed by atoms with van der Waals surface area (Å²) in [5, 5.41) is 0. The largest absolute Gasteiger partial charge is 0.302 e. The first-order chi connectivity index (χ1) is 7.54. The van der Waals surface area contributed by atoms with Gasteiger partial charge in [0.1, 0.15) is 6.29 Å². The third-order valence-corrected chi connectivity index (χ3v) is 3.10. The summed E-state index contributed by atoms with van der Waals surface area (Å²) in [7, 11) is 1.98. The van der Waals surface area contributed by atoms with Crippen molar-refractivity contribution in [2.75, 3.05) is 20.1 Å². The molecule has 0 aliphatic carbocycles. The van der Waals surface area contributed by atoms with Crippen LogP contribution in [-0.2, 0) is 11.2 Å². The number of hydrogen-bond acceptors (Lipinski definition) is 2. The van der Waals surface area contributed by atoms with Crippen molar-refractivity contribution >= 4 is 6.29 Å². The molecular weight excluding hydrogens is 198 g/mol. The Morgan fingerprint density at radius 2 is 1.75 bits per heavy atom. The van der Waals surface area contributed by atoms with Gasteiger partial charge in [0.2, 0.25) is 0 Å². The summed E-state index contributed by atoms with van der Waals surface area (Å²) in [6, 6.07) is 4.50. The van der Waals surface area contributed by atoms with Crippen LogP contribution in [-0.4, -0.2) is 31.3 Å². The topological polar surface area (TPSA) is 20.3 Å². The van der Waals surface area contributed by atoms with E-state index in [1.54, 1.807) is 0 Å². The second kappa shape index (κ2) is 5.80. The van der Waals surface area contributed by atoms with E-state index in [4.69, 9.17) is 0 Å². The molecule has 0 N–H and O–H groups in total. The van der Waals surface area contributed by atoms with Gasteiger partial charge in [-0.3, -0.25) is 4.90 Å². The Morgan fingerprint density at radius 1 is 1.12 bits per heavy atom. The van der Waals surface area contributed by atoms with Gasteiger partial charge in [-0.2, -0.15) is 0 Å². The zero-order chi connectivity index (χ0) is 12.1. The van der Waals surface area contributed by atoms with Crippen LogP contribution in [0.3, 0.4) is 0 Å². The second-order valence-corrected chi connectivity index (χ2v) is 4.54. The van der Waals surface area contributed by atoms with Gasteiger partial charge in [-0.15, -0.1) is 0 Å². The molecule has 0 fully saturated rings. The van der Waals surface area contributed by atoms with Crippen molar-refractivity contribution in [1.29, 1.82) is 0 Å². The molecule has 0 aliphatic heterocycles. The molecule has 0 unspecified atom stereocenters. The van der Waals surface area contributed by atoms with Crippen molar-refractivity contribution in [1.82, 2.24) is 4.90 Å². The molecule has 0 saturated heterocycles. The minimum absolute atomic E-state index is 0.518. The lowest BCUT2D eigenvalue weighted by molar-refractivity contribution is -0.108. The number of likely N-dealkylation sites (N-methyl/N-ethyl adjacent to an activating group) is 1. The molecule has 1 rings (SSSR count). The number of aldehydes is 1. The first kappa shape index (κ1) is 12.9. The van der Waals surface area contributed by atoms with E-state index in [2.05, 4.69) is 32.9 Å². The highest BCUT2D eigenvalue weighted by Crippen LogP contribution is 2.15. The molecule has 0 heterocycles. The average molecular weight is 219 g/mol. The fourth-order valence-electron chi connectivity index (χ4n) is 1.82. The van der Waals surface area contributed by atoms with Crippen LogP contribution in [0.4, 0.5) is 0 Å². The van der Waals surface area contributed by atoms with Crippen molar-refractivity contribution in [3.05, 3.63) is 34.4 Å². The fraction of sp³-hybridized carbons (Fsp3) is 0.500. The molecule has 0 radical (unpaired) electrons. The highest BCUT2D eigenvalue weighted by Gasteiger charge is 2.03. The van der Waals surface area contributed by atoms with E-state index in [9.17, 15) is 4.79 Å². The summed E-state index contributed by atoms with van der Waals surface area (Å²) < 4.78 is 0. The van der Waals surface area contributed by atoms with E-state index in [1.165, 1.54) is 22.3 Å². The number of rotatable bonds is 5. The highest BCUT2D eigenvalue weighted by molar-refractivity contribution is 5.51. The quantitative estimate of drug-likeness (QED) is 0.708. The molecule has 2 nitrogen and oxygen atoms in total. The van der Waals surface area contributed by atoms with Gasteiger partial charge in [-0.25, -0.2) is 0 Å². The Labute approximate surface area is 98.3 Å². The molecule has 2 heteroatoms. The molecule has 0 spiro atoms. The SMILES string of the molecule is Cc1cc(C)c(CCN(C)CC=O)cc1C. The molecule has 0 saturated carbocycles. The summed E-state index contributed by atoms with van der Waals surface area (Å²) in [5.41, 5.74) is 5.43. The molecule has 0 aliphatic rings. The van der Waals surface area contributed by atoms with Crippen LogP contribution in [0.25, 0.3) is 0 Å². The van der Waals surface area contributed by atoms with Crippen molar-refractivity contribution in [3.63, 3.8) is 0 Å². The Kier molecular flexibility index (Phi) is 4.69. The lowest BCUT2D eigenvalue weighted by Gasteiger charge is -2.15. The molecule has 0 amide bonds. The maximum Gasteiger partial charge on any atom is 0.133 e. The summed E-state index contributed by atoms with van der Waals surface area (Å²) in [5.74, 6) is 0. The first-order valence-electron chi connectivity index (χ1n) is 5.73. The smallest absolute Gasteiger partial charge is 0.133 e. The molecule has 1 aromatic rings. The zero-order valence-electron chi connectivity index (χ0n) is 10.7. The van der Waals surface area contributed by atoms with Gasteiger partial charge < -0.3 is 4.79 Å². The lowest BCUT2D eigenvalue weighted by atomic mass is 9.99. The maximum absolute atomic E-state index is 10.4. The zero-order valence-corrected chi connectivity index (χ0v) is 10.7. The maximum atomic E-state index is 10.4. The predicted octanol–water partition coefficient (Wildman–Crippen LogP) is 2.29. The molecule has 0 atom stereocenters. The number of hydrogen-bond donors (Lipinski definition) is 0. The summed E-state index contributed by atoms with van der Waals surface area (Å²) in [6.45, 7) is 7.89. The third kappa shape index (κ3) is 3.46. The van der Waals surface area contributed by atoms with E-state index >= 15 is 0 Å². The van der Waals surface area contributed by atoms with E-state index < -0.39 is 0 Å². The van der Waals surface area contributed by atoms with Crippen LogP contribution < -0.4 is 0 Å². The summed E-state index contributed by atoms with van der Waals surface area (Å²) in [6.07, 6.45) is 1.96. The van der Waals surface area contributed by atoms with Crippen molar-refractivity contribution < 1.29 is 4.79 Å². The lowest BCUT2D eigenvalue weighted by Crippen LogP contribution is -2.23. The minimum Gasteiger partial charge on any atom is -0.302 e. The molecule has 88 valence electrons. The van der Waals surface area contributed by atoms with Gasteiger partial charge in [0.15, 0.2) is 0 Å². The number of carbonyl (C=O) groups excluding carboxylic acids is 1. The van der Waals surface area contributed by atoms with Gasteiger partial charge in [0.25, 0.3) is 0 Å². The predicted molar refractivity (Wildman–Crippen MR) is 67.9 cm³/mol. The molecule has 1 aromatic carbocycles. The molecule has 16 heavy (non-hydrogen) atoms. The van der Waals surface area contributed by atoms with Gasteiger partial charge >= 0.3 is 0 Å². The van der Waals surface area contributed by atoms with Gasteiger partial charge in [-0.1, -0.05) is 12.1 Å². The molecule has 0 bridgehead atoms. The Hall–Kier alpha value is -1.15. The summed E-state index contributed by atoms with van der Waals surface area (Å²) in [4.78, 5) is 12.4. The Morgan fingerprint density at radius 3 is 2.38 bits per heavy atom. The minimum atomic E-state index is 0.518. The van der Waals surface area contributed by atoms with E-state index in [0.717, 1.165) is 19.3 Å². The summed E-state index contributed by atoms with van der Waals surface area (Å²) >= 11 is 0. The van der Waals surface area contributed by atoms with Crippen LogP contribution >= 0.6 is 0 Å².